The highest BCUT2D eigenvalue weighted by atomic mass is 15.2. The average Bonchev–Trinajstić information content (AvgIpc) is 2.35. The van der Waals surface area contributed by atoms with Crippen LogP contribution in [0.15, 0.2) is 0 Å². The molecule has 0 heterocycles. The Morgan fingerprint density at radius 2 is 2.06 bits per heavy atom. The summed E-state index contributed by atoms with van der Waals surface area (Å²) < 4.78 is 0. The zero-order chi connectivity index (χ0) is 12.0. The lowest BCUT2D eigenvalue weighted by Gasteiger charge is -2.38. The zero-order valence-electron chi connectivity index (χ0n) is 11.4. The maximum absolute atomic E-state index is 5.73. The number of rotatable bonds is 6. The standard InChI is InChI=1S/C14H30N2/c1-4-13-7-6-8-14(9-13)16(5-2)11-12(3)10-15/h12-14H,4-11,15H2,1-3H3. The van der Waals surface area contributed by atoms with Crippen LogP contribution in [0, 0.1) is 11.8 Å². The smallest absolute Gasteiger partial charge is 0.00979 e. The molecule has 1 rings (SSSR count). The largest absolute Gasteiger partial charge is 0.330 e. The highest BCUT2D eigenvalue weighted by Gasteiger charge is 2.25. The van der Waals surface area contributed by atoms with Gasteiger partial charge in [-0.15, -0.1) is 0 Å². The van der Waals surface area contributed by atoms with Gasteiger partial charge in [-0.2, -0.15) is 0 Å². The van der Waals surface area contributed by atoms with E-state index < -0.39 is 0 Å². The fourth-order valence-electron chi connectivity index (χ4n) is 2.98. The Morgan fingerprint density at radius 3 is 2.62 bits per heavy atom. The van der Waals surface area contributed by atoms with Crippen LogP contribution in [0.3, 0.4) is 0 Å². The predicted molar refractivity (Wildman–Crippen MR) is 71.5 cm³/mol. The van der Waals surface area contributed by atoms with Gasteiger partial charge in [0.25, 0.3) is 0 Å². The Balaban J connectivity index is 2.44. The molecule has 1 fully saturated rings. The van der Waals surface area contributed by atoms with Crippen LogP contribution in [0.2, 0.25) is 0 Å². The van der Waals surface area contributed by atoms with Crippen LogP contribution in [0.1, 0.15) is 52.9 Å². The molecule has 0 bridgehead atoms. The van der Waals surface area contributed by atoms with Gasteiger partial charge < -0.3 is 10.6 Å². The molecule has 2 N–H and O–H groups in total. The lowest BCUT2D eigenvalue weighted by atomic mass is 9.83. The van der Waals surface area contributed by atoms with Crippen molar-refractivity contribution in [2.24, 2.45) is 17.6 Å². The third-order valence-electron chi connectivity index (χ3n) is 4.20. The van der Waals surface area contributed by atoms with Gasteiger partial charge >= 0.3 is 0 Å². The first-order chi connectivity index (χ1) is 7.71. The lowest BCUT2D eigenvalue weighted by Crippen LogP contribution is -2.42. The average molecular weight is 226 g/mol. The van der Waals surface area contributed by atoms with Gasteiger partial charge in [-0.1, -0.05) is 40.0 Å². The molecule has 3 atom stereocenters. The Labute approximate surface area is 102 Å². The van der Waals surface area contributed by atoms with Crippen molar-refractivity contribution in [1.29, 1.82) is 0 Å². The van der Waals surface area contributed by atoms with Gasteiger partial charge in [-0.25, -0.2) is 0 Å². The number of nitrogens with zero attached hydrogens (tertiary/aromatic N) is 1. The third kappa shape index (κ3) is 4.06. The van der Waals surface area contributed by atoms with Gasteiger partial charge in [0.15, 0.2) is 0 Å². The van der Waals surface area contributed by atoms with E-state index in [1.807, 2.05) is 0 Å². The second-order valence-electron chi connectivity index (χ2n) is 5.52. The second-order valence-corrected chi connectivity index (χ2v) is 5.52. The molecular formula is C14H30N2. The van der Waals surface area contributed by atoms with Crippen molar-refractivity contribution >= 4 is 0 Å². The summed E-state index contributed by atoms with van der Waals surface area (Å²) in [7, 11) is 0. The molecule has 1 saturated carbocycles. The van der Waals surface area contributed by atoms with Crippen molar-refractivity contribution in [3.8, 4) is 0 Å². The van der Waals surface area contributed by atoms with Gasteiger partial charge in [0, 0.05) is 12.6 Å². The van der Waals surface area contributed by atoms with Crippen molar-refractivity contribution in [2.45, 2.75) is 58.9 Å². The van der Waals surface area contributed by atoms with E-state index in [-0.39, 0.29) is 0 Å². The molecule has 0 radical (unpaired) electrons. The van der Waals surface area contributed by atoms with Crippen LogP contribution < -0.4 is 5.73 Å². The van der Waals surface area contributed by atoms with E-state index in [4.69, 9.17) is 5.73 Å². The van der Waals surface area contributed by atoms with Gasteiger partial charge in [-0.3, -0.25) is 0 Å². The topological polar surface area (TPSA) is 29.3 Å². The first kappa shape index (κ1) is 14.0. The molecule has 0 spiro atoms. The molecule has 0 aromatic rings. The van der Waals surface area contributed by atoms with Gasteiger partial charge in [0.2, 0.25) is 0 Å². The summed E-state index contributed by atoms with van der Waals surface area (Å²) in [6.07, 6.45) is 7.07. The quantitative estimate of drug-likeness (QED) is 0.754. The van der Waals surface area contributed by atoms with E-state index in [9.17, 15) is 0 Å². The first-order valence-corrected chi connectivity index (χ1v) is 7.15. The third-order valence-corrected chi connectivity index (χ3v) is 4.20. The minimum absolute atomic E-state index is 0.641. The van der Waals surface area contributed by atoms with Crippen molar-refractivity contribution < 1.29 is 0 Å². The van der Waals surface area contributed by atoms with Crippen LogP contribution in [0.4, 0.5) is 0 Å². The number of nitrogens with two attached hydrogens (primary N) is 1. The van der Waals surface area contributed by atoms with E-state index in [1.165, 1.54) is 45.2 Å². The van der Waals surface area contributed by atoms with Crippen LogP contribution in [0.5, 0.6) is 0 Å². The minimum Gasteiger partial charge on any atom is -0.330 e. The molecule has 1 aliphatic rings. The SMILES string of the molecule is CCC1CCCC(N(CC)CC(C)CN)C1. The van der Waals surface area contributed by atoms with Crippen molar-refractivity contribution in [2.75, 3.05) is 19.6 Å². The van der Waals surface area contributed by atoms with Crippen LogP contribution in [-0.2, 0) is 0 Å². The summed E-state index contributed by atoms with van der Waals surface area (Å²) in [5.41, 5.74) is 5.73. The maximum atomic E-state index is 5.73. The van der Waals surface area contributed by atoms with E-state index >= 15 is 0 Å². The Bertz CT molecular complexity index is 180. The Morgan fingerprint density at radius 1 is 1.31 bits per heavy atom. The minimum atomic E-state index is 0.641. The summed E-state index contributed by atoms with van der Waals surface area (Å²) in [5.74, 6) is 1.61. The van der Waals surface area contributed by atoms with Gasteiger partial charge in [0.05, 0.1) is 0 Å². The molecule has 0 amide bonds. The highest BCUT2D eigenvalue weighted by Crippen LogP contribution is 2.29. The van der Waals surface area contributed by atoms with Crippen molar-refractivity contribution in [1.82, 2.24) is 4.90 Å². The maximum Gasteiger partial charge on any atom is 0.00979 e. The molecule has 2 heteroatoms. The van der Waals surface area contributed by atoms with Gasteiger partial charge in [0.1, 0.15) is 0 Å². The molecule has 3 unspecified atom stereocenters. The zero-order valence-corrected chi connectivity index (χ0v) is 11.4. The second kappa shape index (κ2) is 7.29. The number of hydrogen-bond acceptors (Lipinski definition) is 2. The fraction of sp³-hybridized carbons (Fsp3) is 1.00. The summed E-state index contributed by atoms with van der Waals surface area (Å²) in [4.78, 5) is 2.67. The molecular weight excluding hydrogens is 196 g/mol. The molecule has 16 heavy (non-hydrogen) atoms. The summed E-state index contributed by atoms with van der Waals surface area (Å²) in [5, 5.41) is 0. The molecule has 0 aliphatic heterocycles. The Kier molecular flexibility index (Phi) is 6.37. The summed E-state index contributed by atoms with van der Waals surface area (Å²) in [6.45, 7) is 10.1. The normalized spacial score (nSPS) is 28.3. The van der Waals surface area contributed by atoms with Crippen molar-refractivity contribution in [3.63, 3.8) is 0 Å². The molecule has 96 valence electrons. The number of hydrogen-bond donors (Lipinski definition) is 1. The van der Waals surface area contributed by atoms with E-state index in [0.717, 1.165) is 18.5 Å². The van der Waals surface area contributed by atoms with E-state index in [1.54, 1.807) is 0 Å². The van der Waals surface area contributed by atoms with Gasteiger partial charge in [-0.05, 0) is 37.8 Å². The first-order valence-electron chi connectivity index (χ1n) is 7.15. The lowest BCUT2D eigenvalue weighted by molar-refractivity contribution is 0.119. The van der Waals surface area contributed by atoms with E-state index in [0.29, 0.717) is 5.92 Å². The highest BCUT2D eigenvalue weighted by molar-refractivity contribution is 4.80. The van der Waals surface area contributed by atoms with Crippen LogP contribution >= 0.6 is 0 Å². The molecule has 0 aromatic heterocycles. The predicted octanol–water partition coefficient (Wildman–Crippen LogP) is 2.87. The Hall–Kier alpha value is -0.0800. The van der Waals surface area contributed by atoms with Crippen LogP contribution in [0.25, 0.3) is 0 Å². The fourth-order valence-corrected chi connectivity index (χ4v) is 2.98. The van der Waals surface area contributed by atoms with Crippen LogP contribution in [-0.4, -0.2) is 30.6 Å². The summed E-state index contributed by atoms with van der Waals surface area (Å²) in [6, 6.07) is 0.831. The summed E-state index contributed by atoms with van der Waals surface area (Å²) >= 11 is 0. The van der Waals surface area contributed by atoms with Crippen molar-refractivity contribution in [3.05, 3.63) is 0 Å². The molecule has 1 aliphatic carbocycles. The molecule has 2 nitrogen and oxygen atoms in total. The molecule has 0 saturated heterocycles. The molecule has 0 aromatic carbocycles. The monoisotopic (exact) mass is 226 g/mol. The van der Waals surface area contributed by atoms with E-state index in [2.05, 4.69) is 25.7 Å².